The number of aromatic nitrogens is 2. The first-order valence-corrected chi connectivity index (χ1v) is 12.8. The van der Waals surface area contributed by atoms with Crippen molar-refractivity contribution >= 4 is 39.9 Å². The number of fused-ring (bicyclic) bond motifs is 1. The molecule has 0 radical (unpaired) electrons. The molecule has 0 saturated heterocycles. The molecule has 204 valence electrons. The third-order valence-corrected chi connectivity index (χ3v) is 6.20. The summed E-state index contributed by atoms with van der Waals surface area (Å²) in [7, 11) is 1.54. The lowest BCUT2D eigenvalue weighted by Gasteiger charge is -2.17. The van der Waals surface area contributed by atoms with Gasteiger partial charge in [0, 0.05) is 36.4 Å². The minimum absolute atomic E-state index is 0.00135. The average molecular weight is 555 g/mol. The van der Waals surface area contributed by atoms with E-state index in [1.165, 1.54) is 18.5 Å². The number of allylic oxidation sites excluding steroid dienone is 1. The van der Waals surface area contributed by atoms with Crippen molar-refractivity contribution in [2.45, 2.75) is 51.2 Å². The Labute approximate surface area is 230 Å². The van der Waals surface area contributed by atoms with E-state index in [4.69, 9.17) is 31.0 Å². The fraction of sp³-hybridized carbons (Fsp3) is 0.321. The highest BCUT2D eigenvalue weighted by atomic mass is 35.5. The number of hydrogen-bond donors (Lipinski definition) is 3. The summed E-state index contributed by atoms with van der Waals surface area (Å²) >= 11 is 5.92. The van der Waals surface area contributed by atoms with E-state index in [0.717, 1.165) is 25.7 Å². The van der Waals surface area contributed by atoms with Crippen LogP contribution in [-0.4, -0.2) is 34.5 Å². The Bertz CT molecular complexity index is 1420. The van der Waals surface area contributed by atoms with Crippen molar-refractivity contribution in [2.24, 2.45) is 0 Å². The van der Waals surface area contributed by atoms with Gasteiger partial charge in [-0.1, -0.05) is 30.4 Å². The van der Waals surface area contributed by atoms with E-state index in [1.54, 1.807) is 30.8 Å². The number of unbranched alkanes of at least 4 members (excludes halogenated alkanes) is 4. The molecule has 0 aliphatic carbocycles. The van der Waals surface area contributed by atoms with Gasteiger partial charge in [0.05, 0.1) is 17.6 Å². The lowest BCUT2D eigenvalue weighted by Crippen LogP contribution is -2.17. The van der Waals surface area contributed by atoms with Crippen LogP contribution in [0.5, 0.6) is 11.5 Å². The molecule has 11 heteroatoms. The summed E-state index contributed by atoms with van der Waals surface area (Å²) in [6, 6.07) is 7.83. The zero-order valence-electron chi connectivity index (χ0n) is 21.3. The maximum atomic E-state index is 13.6. The largest absolute Gasteiger partial charge is 0.493 e. The molecule has 3 aromatic rings. The SMILES string of the molecule is COc1cc2ncnc(Nc3ccc(F)c(Cl)c3)c2cc1OC1CC=C(C#CCCCCCCC(=O)NO)O1. The van der Waals surface area contributed by atoms with Crippen LogP contribution >= 0.6 is 11.6 Å². The van der Waals surface area contributed by atoms with Crippen LogP contribution in [0.15, 0.2) is 48.5 Å². The first-order chi connectivity index (χ1) is 19.0. The summed E-state index contributed by atoms with van der Waals surface area (Å²) in [6.07, 6.45) is 7.78. The first-order valence-electron chi connectivity index (χ1n) is 12.5. The molecule has 0 spiro atoms. The molecule has 1 aromatic heterocycles. The van der Waals surface area contributed by atoms with E-state index in [1.807, 2.05) is 6.08 Å². The standard InChI is InChI=1S/C28H28ClFN4O5/c1-37-24-16-23-20(28(32-17-31-23)33-18-10-12-22(30)21(29)14-18)15-25(24)39-27-13-11-19(38-27)8-6-4-2-3-5-7-9-26(35)34-36/h10-12,14-17,27,36H,2-5,7,9,13H2,1H3,(H,34,35)(H,31,32,33). The van der Waals surface area contributed by atoms with Gasteiger partial charge < -0.3 is 19.5 Å². The van der Waals surface area contributed by atoms with E-state index in [-0.39, 0.29) is 10.9 Å². The number of anilines is 2. The van der Waals surface area contributed by atoms with Crippen molar-refractivity contribution in [3.63, 3.8) is 0 Å². The molecule has 39 heavy (non-hydrogen) atoms. The number of carbonyl (C=O) groups is 1. The van der Waals surface area contributed by atoms with Gasteiger partial charge in [0.2, 0.25) is 12.2 Å². The van der Waals surface area contributed by atoms with E-state index in [2.05, 4.69) is 27.1 Å². The van der Waals surface area contributed by atoms with E-state index >= 15 is 0 Å². The molecule has 1 amide bonds. The predicted molar refractivity (Wildman–Crippen MR) is 144 cm³/mol. The van der Waals surface area contributed by atoms with Crippen molar-refractivity contribution in [3.8, 4) is 23.3 Å². The second-order valence-corrected chi connectivity index (χ2v) is 9.12. The normalized spacial score (nSPS) is 14.2. The number of hydrogen-bond acceptors (Lipinski definition) is 8. The van der Waals surface area contributed by atoms with Gasteiger partial charge in [0.25, 0.3) is 0 Å². The number of nitrogens with zero attached hydrogens (tertiary/aromatic N) is 2. The summed E-state index contributed by atoms with van der Waals surface area (Å²) in [5, 5.41) is 12.3. The summed E-state index contributed by atoms with van der Waals surface area (Å²) in [5.74, 6) is 7.24. The number of nitrogens with one attached hydrogen (secondary N) is 2. The molecule has 9 nitrogen and oxygen atoms in total. The van der Waals surface area contributed by atoms with Crippen LogP contribution in [0.2, 0.25) is 5.02 Å². The molecule has 0 bridgehead atoms. The second-order valence-electron chi connectivity index (χ2n) is 8.72. The Morgan fingerprint density at radius 3 is 2.85 bits per heavy atom. The van der Waals surface area contributed by atoms with Crippen LogP contribution in [0.3, 0.4) is 0 Å². The monoisotopic (exact) mass is 554 g/mol. The van der Waals surface area contributed by atoms with Crippen molar-refractivity contribution in [1.82, 2.24) is 15.4 Å². The summed E-state index contributed by atoms with van der Waals surface area (Å²) in [5.41, 5.74) is 2.83. The van der Waals surface area contributed by atoms with Gasteiger partial charge in [0.15, 0.2) is 17.3 Å². The Morgan fingerprint density at radius 2 is 2.05 bits per heavy atom. The third kappa shape index (κ3) is 7.72. The maximum Gasteiger partial charge on any atom is 0.245 e. The number of amides is 1. The fourth-order valence-corrected chi connectivity index (χ4v) is 4.10. The third-order valence-electron chi connectivity index (χ3n) is 5.91. The van der Waals surface area contributed by atoms with Crippen LogP contribution in [0.1, 0.15) is 44.9 Å². The number of ether oxygens (including phenoxy) is 3. The predicted octanol–water partition coefficient (Wildman–Crippen LogP) is 6.03. The van der Waals surface area contributed by atoms with Crippen molar-refractivity contribution in [2.75, 3.05) is 12.4 Å². The summed E-state index contributed by atoms with van der Waals surface area (Å²) < 4.78 is 31.0. The van der Waals surface area contributed by atoms with Gasteiger partial charge in [-0.3, -0.25) is 10.0 Å². The van der Waals surface area contributed by atoms with Gasteiger partial charge in [0.1, 0.15) is 18.0 Å². The number of carbonyl (C=O) groups excluding carboxylic acids is 1. The Morgan fingerprint density at radius 1 is 1.21 bits per heavy atom. The maximum absolute atomic E-state index is 13.6. The van der Waals surface area contributed by atoms with Gasteiger partial charge >= 0.3 is 0 Å². The fourth-order valence-electron chi connectivity index (χ4n) is 3.92. The number of halogens is 2. The summed E-state index contributed by atoms with van der Waals surface area (Å²) in [4.78, 5) is 19.6. The zero-order valence-corrected chi connectivity index (χ0v) is 22.1. The quantitative estimate of drug-likeness (QED) is 0.114. The average Bonchev–Trinajstić information content (AvgIpc) is 3.39. The van der Waals surface area contributed by atoms with Crippen molar-refractivity contribution in [3.05, 3.63) is 59.3 Å². The Hall–Kier alpha value is -4.07. The Balaban J connectivity index is 1.36. The highest BCUT2D eigenvalue weighted by molar-refractivity contribution is 6.31. The van der Waals surface area contributed by atoms with Crippen molar-refractivity contribution < 1.29 is 28.6 Å². The first kappa shape index (κ1) is 28.0. The molecule has 1 atom stereocenters. The molecule has 0 saturated carbocycles. The van der Waals surface area contributed by atoms with Crippen LogP contribution in [0, 0.1) is 17.7 Å². The van der Waals surface area contributed by atoms with Crippen molar-refractivity contribution in [1.29, 1.82) is 0 Å². The van der Waals surface area contributed by atoms with Crippen LogP contribution in [-0.2, 0) is 9.53 Å². The van der Waals surface area contributed by atoms with Gasteiger partial charge in [-0.2, -0.15) is 0 Å². The number of hydroxylamine groups is 1. The lowest BCUT2D eigenvalue weighted by molar-refractivity contribution is -0.129. The van der Waals surface area contributed by atoms with E-state index in [9.17, 15) is 9.18 Å². The minimum Gasteiger partial charge on any atom is -0.493 e. The molecule has 0 fully saturated rings. The molecule has 1 aliphatic rings. The highest BCUT2D eigenvalue weighted by Gasteiger charge is 2.21. The molecule has 4 rings (SSSR count). The molecule has 2 aromatic carbocycles. The minimum atomic E-state index is -0.574. The smallest absolute Gasteiger partial charge is 0.245 e. The molecule has 3 N–H and O–H groups in total. The molecule has 2 heterocycles. The van der Waals surface area contributed by atoms with Crippen LogP contribution in [0.25, 0.3) is 10.9 Å². The second kappa shape index (κ2) is 13.6. The molecule has 1 aliphatic heterocycles. The topological polar surface area (TPSA) is 115 Å². The lowest BCUT2D eigenvalue weighted by atomic mass is 10.1. The van der Waals surface area contributed by atoms with Gasteiger partial charge in [-0.15, -0.1) is 0 Å². The number of methoxy groups -OCH3 is 1. The van der Waals surface area contributed by atoms with Crippen LogP contribution in [0.4, 0.5) is 15.9 Å². The van der Waals surface area contributed by atoms with E-state index in [0.29, 0.717) is 58.9 Å². The molecular formula is C28H28ClFN4O5. The number of rotatable bonds is 11. The molecule has 1 unspecified atom stereocenters. The highest BCUT2D eigenvalue weighted by Crippen LogP contribution is 2.36. The van der Waals surface area contributed by atoms with Crippen LogP contribution < -0.4 is 20.3 Å². The zero-order chi connectivity index (χ0) is 27.6. The molecular weight excluding hydrogens is 527 g/mol. The Kier molecular flexibility index (Phi) is 9.78. The van der Waals surface area contributed by atoms with Gasteiger partial charge in [-0.25, -0.2) is 19.8 Å². The summed E-state index contributed by atoms with van der Waals surface area (Å²) in [6.45, 7) is 0. The van der Waals surface area contributed by atoms with Gasteiger partial charge in [-0.05, 0) is 49.1 Å². The number of benzene rings is 2. The van der Waals surface area contributed by atoms with E-state index < -0.39 is 12.1 Å².